The second kappa shape index (κ2) is 6.41. The normalized spacial score (nSPS) is 12.4. The average Bonchev–Trinajstić information content (AvgIpc) is 2.78. The number of halogens is 1. The van der Waals surface area contributed by atoms with E-state index in [2.05, 4.69) is 21.0 Å². The molecule has 1 N–H and O–H groups in total. The number of hydrogen-bond donors (Lipinski definition) is 1. The van der Waals surface area contributed by atoms with Crippen molar-refractivity contribution in [1.29, 1.82) is 0 Å². The van der Waals surface area contributed by atoms with Gasteiger partial charge in [0, 0.05) is 28.7 Å². The molecule has 1 atom stereocenters. The van der Waals surface area contributed by atoms with Crippen LogP contribution in [-0.2, 0) is 13.0 Å². The van der Waals surface area contributed by atoms with Gasteiger partial charge in [0.25, 0.3) is 0 Å². The molecule has 1 heterocycles. The van der Waals surface area contributed by atoms with E-state index in [-0.39, 0.29) is 0 Å². The van der Waals surface area contributed by atoms with Gasteiger partial charge in [0.2, 0.25) is 0 Å². The summed E-state index contributed by atoms with van der Waals surface area (Å²) in [5, 5.41) is 14.9. The lowest BCUT2D eigenvalue weighted by Crippen LogP contribution is -2.09. The predicted octanol–water partition coefficient (Wildman–Crippen LogP) is 3.26. The van der Waals surface area contributed by atoms with Crippen LogP contribution in [-0.4, -0.2) is 22.0 Å². The molecule has 0 saturated heterocycles. The number of aliphatic hydroxyl groups is 1. The summed E-state index contributed by atoms with van der Waals surface area (Å²) >= 11 is 3.43. The topological polar surface area (TPSA) is 47.3 Å². The highest BCUT2D eigenvalue weighted by Gasteiger charge is 2.17. The van der Waals surface area contributed by atoms with Crippen LogP contribution in [0.2, 0.25) is 0 Å². The quantitative estimate of drug-likeness (QED) is 0.910. The first-order valence-corrected chi connectivity index (χ1v) is 7.39. The fraction of sp³-hybridized carbons (Fsp3) is 0.400. The molecule has 1 aromatic heterocycles. The van der Waals surface area contributed by atoms with Crippen molar-refractivity contribution in [3.8, 4) is 5.75 Å². The first kappa shape index (κ1) is 15.1. The van der Waals surface area contributed by atoms with Gasteiger partial charge in [-0.1, -0.05) is 15.9 Å². The third-order valence-electron chi connectivity index (χ3n) is 3.24. The highest BCUT2D eigenvalue weighted by Crippen LogP contribution is 2.30. The molecule has 2 aromatic rings. The third kappa shape index (κ3) is 3.22. The van der Waals surface area contributed by atoms with Crippen LogP contribution < -0.4 is 4.74 Å². The molecule has 0 fully saturated rings. The molecule has 2 rings (SSSR count). The van der Waals surface area contributed by atoms with Crippen LogP contribution in [0.1, 0.15) is 30.0 Å². The molecule has 1 unspecified atom stereocenters. The van der Waals surface area contributed by atoms with Gasteiger partial charge in [-0.25, -0.2) is 0 Å². The van der Waals surface area contributed by atoms with Crippen molar-refractivity contribution < 1.29 is 9.84 Å². The summed E-state index contributed by atoms with van der Waals surface area (Å²) in [5.74, 6) is 0.694. The number of hydrogen-bond acceptors (Lipinski definition) is 3. The molecule has 0 radical (unpaired) electrons. The lowest BCUT2D eigenvalue weighted by atomic mass is 10.0. The maximum absolute atomic E-state index is 10.5. The molecular weight excluding hydrogens is 320 g/mol. The van der Waals surface area contributed by atoms with E-state index in [1.807, 2.05) is 42.8 Å². The van der Waals surface area contributed by atoms with Gasteiger partial charge >= 0.3 is 0 Å². The minimum atomic E-state index is -0.621. The monoisotopic (exact) mass is 338 g/mol. The summed E-state index contributed by atoms with van der Waals surface area (Å²) in [6.07, 6.45) is -0.106. The Morgan fingerprint density at radius 1 is 1.40 bits per heavy atom. The standard InChI is InChI=1S/C15H19BrN2O2/c1-4-18-12(7-10(2)17-18)9-14(19)13-8-11(16)5-6-15(13)20-3/h5-8,14,19H,4,9H2,1-3H3. The molecule has 0 aliphatic heterocycles. The SMILES string of the molecule is CCn1nc(C)cc1CC(O)c1cc(Br)ccc1OC. The second-order valence-corrected chi connectivity index (χ2v) is 5.61. The first-order chi connectivity index (χ1) is 9.55. The fourth-order valence-electron chi connectivity index (χ4n) is 2.31. The molecule has 5 heteroatoms. The van der Waals surface area contributed by atoms with E-state index in [0.717, 1.165) is 28.0 Å². The number of methoxy groups -OCH3 is 1. The van der Waals surface area contributed by atoms with Crippen molar-refractivity contribution >= 4 is 15.9 Å². The summed E-state index contributed by atoms with van der Waals surface area (Å²) in [4.78, 5) is 0. The first-order valence-electron chi connectivity index (χ1n) is 6.60. The number of aromatic nitrogens is 2. The Bertz CT molecular complexity index is 596. The second-order valence-electron chi connectivity index (χ2n) is 4.70. The Labute approximate surface area is 127 Å². The van der Waals surface area contributed by atoms with Crippen LogP contribution in [0, 0.1) is 6.92 Å². The highest BCUT2D eigenvalue weighted by atomic mass is 79.9. The van der Waals surface area contributed by atoms with E-state index in [0.29, 0.717) is 12.2 Å². The van der Waals surface area contributed by atoms with Gasteiger partial charge in [-0.2, -0.15) is 5.10 Å². The number of aliphatic hydroxyl groups excluding tert-OH is 1. The van der Waals surface area contributed by atoms with Crippen molar-refractivity contribution in [2.75, 3.05) is 7.11 Å². The number of aryl methyl sites for hydroxylation is 2. The van der Waals surface area contributed by atoms with Crippen molar-refractivity contribution in [2.45, 2.75) is 32.9 Å². The van der Waals surface area contributed by atoms with Gasteiger partial charge in [-0.3, -0.25) is 4.68 Å². The molecule has 1 aromatic carbocycles. The summed E-state index contributed by atoms with van der Waals surface area (Å²) < 4.78 is 8.16. The Kier molecular flexibility index (Phi) is 4.83. The lowest BCUT2D eigenvalue weighted by molar-refractivity contribution is 0.171. The van der Waals surface area contributed by atoms with E-state index < -0.39 is 6.10 Å². The molecule has 0 aliphatic rings. The van der Waals surface area contributed by atoms with Gasteiger partial charge < -0.3 is 9.84 Å². The Morgan fingerprint density at radius 2 is 2.15 bits per heavy atom. The minimum Gasteiger partial charge on any atom is -0.496 e. The Balaban J connectivity index is 2.27. The molecule has 0 aliphatic carbocycles. The molecule has 0 spiro atoms. The Morgan fingerprint density at radius 3 is 2.80 bits per heavy atom. The maximum Gasteiger partial charge on any atom is 0.124 e. The zero-order valence-electron chi connectivity index (χ0n) is 11.9. The summed E-state index contributed by atoms with van der Waals surface area (Å²) in [7, 11) is 1.61. The van der Waals surface area contributed by atoms with Crippen molar-refractivity contribution in [2.24, 2.45) is 0 Å². The van der Waals surface area contributed by atoms with Gasteiger partial charge in [0.15, 0.2) is 0 Å². The van der Waals surface area contributed by atoms with E-state index in [4.69, 9.17) is 4.74 Å². The van der Waals surface area contributed by atoms with E-state index in [9.17, 15) is 5.11 Å². The number of ether oxygens (including phenoxy) is 1. The van der Waals surface area contributed by atoms with Crippen LogP contribution >= 0.6 is 15.9 Å². The van der Waals surface area contributed by atoms with Crippen LogP contribution in [0.15, 0.2) is 28.7 Å². The molecule has 0 amide bonds. The number of benzene rings is 1. The van der Waals surface area contributed by atoms with Gasteiger partial charge in [0.05, 0.1) is 18.9 Å². The molecule has 0 saturated carbocycles. The molecule has 20 heavy (non-hydrogen) atoms. The molecule has 0 bridgehead atoms. The van der Waals surface area contributed by atoms with Gasteiger partial charge in [-0.05, 0) is 38.1 Å². The Hall–Kier alpha value is -1.33. The zero-order valence-corrected chi connectivity index (χ0v) is 13.5. The third-order valence-corrected chi connectivity index (χ3v) is 3.73. The summed E-state index contributed by atoms with van der Waals surface area (Å²) in [5.41, 5.74) is 2.78. The zero-order chi connectivity index (χ0) is 14.7. The summed E-state index contributed by atoms with van der Waals surface area (Å²) in [6.45, 7) is 4.80. The lowest BCUT2D eigenvalue weighted by Gasteiger charge is -2.15. The van der Waals surface area contributed by atoms with E-state index in [1.54, 1.807) is 7.11 Å². The van der Waals surface area contributed by atoms with E-state index in [1.165, 1.54) is 0 Å². The molecular formula is C15H19BrN2O2. The number of rotatable bonds is 5. The van der Waals surface area contributed by atoms with Crippen molar-refractivity contribution in [3.63, 3.8) is 0 Å². The minimum absolute atomic E-state index is 0.515. The van der Waals surface area contributed by atoms with Gasteiger partial charge in [-0.15, -0.1) is 0 Å². The number of nitrogens with zero attached hydrogens (tertiary/aromatic N) is 2. The molecule has 108 valence electrons. The molecule has 4 nitrogen and oxygen atoms in total. The fourth-order valence-corrected chi connectivity index (χ4v) is 2.69. The van der Waals surface area contributed by atoms with Crippen molar-refractivity contribution in [3.05, 3.63) is 45.7 Å². The van der Waals surface area contributed by atoms with Gasteiger partial charge in [0.1, 0.15) is 5.75 Å². The smallest absolute Gasteiger partial charge is 0.124 e. The van der Waals surface area contributed by atoms with Crippen LogP contribution in [0.25, 0.3) is 0 Å². The van der Waals surface area contributed by atoms with Crippen LogP contribution in [0.3, 0.4) is 0 Å². The predicted molar refractivity (Wildman–Crippen MR) is 82.0 cm³/mol. The average molecular weight is 339 g/mol. The maximum atomic E-state index is 10.5. The van der Waals surface area contributed by atoms with Crippen LogP contribution in [0.5, 0.6) is 5.75 Å². The van der Waals surface area contributed by atoms with Crippen molar-refractivity contribution in [1.82, 2.24) is 9.78 Å². The largest absolute Gasteiger partial charge is 0.496 e. The highest BCUT2D eigenvalue weighted by molar-refractivity contribution is 9.10. The van der Waals surface area contributed by atoms with E-state index >= 15 is 0 Å². The van der Waals surface area contributed by atoms with Crippen LogP contribution in [0.4, 0.5) is 0 Å². The summed E-state index contributed by atoms with van der Waals surface area (Å²) in [6, 6.07) is 7.65.